The van der Waals surface area contributed by atoms with E-state index in [1.54, 1.807) is 0 Å². The minimum Gasteiger partial charge on any atom is -0.339 e. The summed E-state index contributed by atoms with van der Waals surface area (Å²) in [5, 5.41) is 3.49. The van der Waals surface area contributed by atoms with Crippen molar-refractivity contribution < 1.29 is 0 Å². The Morgan fingerprint density at radius 1 is 1.19 bits per heavy atom. The Morgan fingerprint density at radius 2 is 1.95 bits per heavy atom. The third-order valence-electron chi connectivity index (χ3n) is 3.88. The van der Waals surface area contributed by atoms with Gasteiger partial charge in [-0.2, -0.15) is 0 Å². The lowest BCUT2D eigenvalue weighted by Gasteiger charge is -2.23. The second-order valence-corrected chi connectivity index (χ2v) is 7.03. The number of aryl methyl sites for hydroxylation is 1. The van der Waals surface area contributed by atoms with Gasteiger partial charge in [-0.25, -0.2) is 9.97 Å². The van der Waals surface area contributed by atoms with Crippen LogP contribution >= 0.6 is 0 Å². The summed E-state index contributed by atoms with van der Waals surface area (Å²) in [5.41, 5.74) is 2.37. The minimum absolute atomic E-state index is 0.112. The van der Waals surface area contributed by atoms with E-state index in [1.807, 2.05) is 6.20 Å². The molecule has 21 heavy (non-hydrogen) atoms. The molecule has 118 valence electrons. The first-order valence-electron chi connectivity index (χ1n) is 7.86. The van der Waals surface area contributed by atoms with E-state index < -0.39 is 0 Å². The Labute approximate surface area is 128 Å². The van der Waals surface area contributed by atoms with Gasteiger partial charge in [0.15, 0.2) is 0 Å². The molecule has 0 radical (unpaired) electrons. The SMILES string of the molecule is Cc1nc(N2CCCN(C)CC2)ncc1CNC(C)(C)C. The third kappa shape index (κ3) is 4.93. The molecule has 1 fully saturated rings. The van der Waals surface area contributed by atoms with Crippen molar-refractivity contribution in [3.05, 3.63) is 17.5 Å². The van der Waals surface area contributed by atoms with Gasteiger partial charge in [-0.05, 0) is 47.7 Å². The van der Waals surface area contributed by atoms with Crippen LogP contribution in [-0.4, -0.2) is 53.6 Å². The molecule has 2 heterocycles. The topological polar surface area (TPSA) is 44.3 Å². The molecule has 1 saturated heterocycles. The molecule has 1 aromatic heterocycles. The van der Waals surface area contributed by atoms with Crippen molar-refractivity contribution in [1.82, 2.24) is 20.2 Å². The van der Waals surface area contributed by atoms with E-state index in [-0.39, 0.29) is 5.54 Å². The second-order valence-electron chi connectivity index (χ2n) is 7.03. The van der Waals surface area contributed by atoms with Crippen molar-refractivity contribution in [2.24, 2.45) is 0 Å². The maximum atomic E-state index is 4.72. The summed E-state index contributed by atoms with van der Waals surface area (Å²) in [6.45, 7) is 13.7. The lowest BCUT2D eigenvalue weighted by atomic mass is 10.1. The molecular formula is C16H29N5. The van der Waals surface area contributed by atoms with E-state index >= 15 is 0 Å². The van der Waals surface area contributed by atoms with Crippen LogP contribution in [0.2, 0.25) is 0 Å². The number of nitrogens with zero attached hydrogens (tertiary/aromatic N) is 4. The molecule has 1 aromatic rings. The van der Waals surface area contributed by atoms with Crippen LogP contribution in [0.25, 0.3) is 0 Å². The molecule has 0 bridgehead atoms. The van der Waals surface area contributed by atoms with E-state index in [0.29, 0.717) is 0 Å². The van der Waals surface area contributed by atoms with Crippen LogP contribution in [0.4, 0.5) is 5.95 Å². The fourth-order valence-electron chi connectivity index (χ4n) is 2.41. The Bertz CT molecular complexity index is 466. The first-order valence-corrected chi connectivity index (χ1v) is 7.86. The third-order valence-corrected chi connectivity index (χ3v) is 3.88. The van der Waals surface area contributed by atoms with Crippen LogP contribution < -0.4 is 10.2 Å². The average Bonchev–Trinajstić information content (AvgIpc) is 2.61. The van der Waals surface area contributed by atoms with Crippen molar-refractivity contribution in [2.75, 3.05) is 38.1 Å². The number of nitrogens with one attached hydrogen (secondary N) is 1. The van der Waals surface area contributed by atoms with Crippen LogP contribution in [-0.2, 0) is 6.54 Å². The number of hydrogen-bond acceptors (Lipinski definition) is 5. The first-order chi connectivity index (χ1) is 9.85. The second kappa shape index (κ2) is 6.71. The van der Waals surface area contributed by atoms with E-state index in [0.717, 1.165) is 44.4 Å². The van der Waals surface area contributed by atoms with Crippen LogP contribution in [0.15, 0.2) is 6.20 Å². The fourth-order valence-corrected chi connectivity index (χ4v) is 2.41. The van der Waals surface area contributed by atoms with E-state index in [1.165, 1.54) is 12.0 Å². The zero-order valence-electron chi connectivity index (χ0n) is 14.1. The summed E-state index contributed by atoms with van der Waals surface area (Å²) in [5.74, 6) is 0.877. The van der Waals surface area contributed by atoms with Gasteiger partial charge in [0.25, 0.3) is 0 Å². The van der Waals surface area contributed by atoms with Gasteiger partial charge >= 0.3 is 0 Å². The lowest BCUT2D eigenvalue weighted by Crippen LogP contribution is -2.35. The van der Waals surface area contributed by atoms with Gasteiger partial charge in [-0.3, -0.25) is 0 Å². The zero-order chi connectivity index (χ0) is 15.5. The normalized spacial score (nSPS) is 17.9. The molecule has 5 nitrogen and oxygen atoms in total. The molecule has 5 heteroatoms. The molecule has 0 saturated carbocycles. The Balaban J connectivity index is 2.04. The summed E-state index contributed by atoms with van der Waals surface area (Å²) in [7, 11) is 2.18. The van der Waals surface area contributed by atoms with Crippen LogP contribution in [0.5, 0.6) is 0 Å². The Hall–Kier alpha value is -1.20. The molecule has 0 spiro atoms. The highest BCUT2D eigenvalue weighted by Crippen LogP contribution is 2.14. The van der Waals surface area contributed by atoms with Gasteiger partial charge in [-0.1, -0.05) is 0 Å². The Morgan fingerprint density at radius 3 is 2.62 bits per heavy atom. The van der Waals surface area contributed by atoms with E-state index in [9.17, 15) is 0 Å². The Kier molecular flexibility index (Phi) is 5.17. The van der Waals surface area contributed by atoms with Gasteiger partial charge in [-0.15, -0.1) is 0 Å². The number of anilines is 1. The largest absolute Gasteiger partial charge is 0.339 e. The van der Waals surface area contributed by atoms with Crippen molar-refractivity contribution in [2.45, 2.75) is 46.2 Å². The lowest BCUT2D eigenvalue weighted by molar-refractivity contribution is 0.360. The highest BCUT2D eigenvalue weighted by Gasteiger charge is 2.16. The van der Waals surface area contributed by atoms with E-state index in [4.69, 9.17) is 4.98 Å². The predicted molar refractivity (Wildman–Crippen MR) is 87.7 cm³/mol. The highest BCUT2D eigenvalue weighted by molar-refractivity contribution is 5.33. The maximum Gasteiger partial charge on any atom is 0.225 e. The van der Waals surface area contributed by atoms with Crippen molar-refractivity contribution in [3.8, 4) is 0 Å². The fraction of sp³-hybridized carbons (Fsp3) is 0.750. The molecular weight excluding hydrogens is 262 g/mol. The van der Waals surface area contributed by atoms with Crippen LogP contribution in [0.3, 0.4) is 0 Å². The average molecular weight is 291 g/mol. The number of rotatable bonds is 3. The summed E-state index contributed by atoms with van der Waals surface area (Å²) < 4.78 is 0. The molecule has 1 N–H and O–H groups in total. The number of hydrogen-bond donors (Lipinski definition) is 1. The number of aromatic nitrogens is 2. The first kappa shape index (κ1) is 16.2. The predicted octanol–water partition coefficient (Wildman–Crippen LogP) is 1.82. The molecule has 2 rings (SSSR count). The van der Waals surface area contributed by atoms with Crippen molar-refractivity contribution >= 4 is 5.95 Å². The smallest absolute Gasteiger partial charge is 0.225 e. The van der Waals surface area contributed by atoms with Gasteiger partial charge in [0.1, 0.15) is 0 Å². The van der Waals surface area contributed by atoms with Gasteiger partial charge < -0.3 is 15.1 Å². The monoisotopic (exact) mass is 291 g/mol. The molecule has 1 aliphatic heterocycles. The number of likely N-dealkylation sites (N-methyl/N-ethyl adjacent to an activating group) is 1. The molecule has 0 unspecified atom stereocenters. The van der Waals surface area contributed by atoms with E-state index in [2.05, 4.69) is 54.8 Å². The van der Waals surface area contributed by atoms with Gasteiger partial charge in [0.05, 0.1) is 0 Å². The highest BCUT2D eigenvalue weighted by atomic mass is 15.3. The summed E-state index contributed by atoms with van der Waals surface area (Å²) in [6, 6.07) is 0. The van der Waals surface area contributed by atoms with Crippen molar-refractivity contribution in [1.29, 1.82) is 0 Å². The molecule has 0 atom stereocenters. The molecule has 0 aliphatic carbocycles. The molecule has 0 amide bonds. The molecule has 0 aromatic carbocycles. The standard InChI is InChI=1S/C16H29N5/c1-13-14(12-18-16(2,3)4)11-17-15(19-13)21-8-6-7-20(5)9-10-21/h11,18H,6-10,12H2,1-5H3. The van der Waals surface area contributed by atoms with Gasteiger partial charge in [0.2, 0.25) is 5.95 Å². The quantitative estimate of drug-likeness (QED) is 0.920. The summed E-state index contributed by atoms with van der Waals surface area (Å²) >= 11 is 0. The van der Waals surface area contributed by atoms with Crippen molar-refractivity contribution in [3.63, 3.8) is 0 Å². The minimum atomic E-state index is 0.112. The van der Waals surface area contributed by atoms with Gasteiger partial charge in [0, 0.05) is 49.2 Å². The summed E-state index contributed by atoms with van der Waals surface area (Å²) in [6.07, 6.45) is 3.15. The van der Waals surface area contributed by atoms with Crippen LogP contribution in [0, 0.1) is 6.92 Å². The maximum absolute atomic E-state index is 4.72. The summed E-state index contributed by atoms with van der Waals surface area (Å²) in [4.78, 5) is 14.0. The zero-order valence-corrected chi connectivity index (χ0v) is 14.1. The molecule has 1 aliphatic rings. The van der Waals surface area contributed by atoms with Crippen LogP contribution in [0.1, 0.15) is 38.4 Å².